The number of pyridine rings is 1. The molecule has 8 aromatic rings. The first-order valence-electron chi connectivity index (χ1n) is 21.4. The Hall–Kier alpha value is -5.76. The number of hydrogen-bond acceptors (Lipinski definition) is 3. The second kappa shape index (κ2) is 16.6. The molecule has 288 valence electrons. The van der Waals surface area contributed by atoms with Gasteiger partial charge >= 0.3 is 0 Å². The van der Waals surface area contributed by atoms with E-state index in [1.807, 2.05) is 0 Å². The van der Waals surface area contributed by atoms with Gasteiger partial charge in [0, 0.05) is 28.4 Å². The third-order valence-corrected chi connectivity index (χ3v) is 12.8. The molecule has 4 heteroatoms. The fraction of sp³-hybridized carbons (Fsp3) is 0.259. The zero-order chi connectivity index (χ0) is 39.5. The molecule has 0 spiro atoms. The van der Waals surface area contributed by atoms with Gasteiger partial charge in [-0.25, -0.2) is 0 Å². The van der Waals surface area contributed by atoms with Gasteiger partial charge in [0.15, 0.2) is 0 Å². The highest BCUT2D eigenvalue weighted by Crippen LogP contribution is 2.57. The molecule has 0 bridgehead atoms. The Kier molecular flexibility index (Phi) is 10.8. The molecule has 0 aliphatic heterocycles. The van der Waals surface area contributed by atoms with Gasteiger partial charge < -0.3 is 4.40 Å². The smallest absolute Gasteiger partial charge is 0.121 e. The number of nitrogens with zero attached hydrogens (tertiary/aromatic N) is 3. The molecule has 3 nitrogen and oxygen atoms in total. The number of aryl methyl sites for hydroxylation is 3. The summed E-state index contributed by atoms with van der Waals surface area (Å²) in [7, 11) is 0. The molecule has 3 aromatic heterocycles. The minimum atomic E-state index is -0.516. The van der Waals surface area contributed by atoms with E-state index in [1.165, 1.54) is 119 Å². The molecule has 9 rings (SSSR count). The van der Waals surface area contributed by atoms with Crippen molar-refractivity contribution in [1.82, 2.24) is 13.1 Å². The molecule has 0 saturated carbocycles. The lowest BCUT2D eigenvalue weighted by atomic mass is 9.67. The van der Waals surface area contributed by atoms with Gasteiger partial charge in [-0.1, -0.05) is 161 Å². The average molecular weight is 774 g/mol. The monoisotopic (exact) mass is 773 g/mol. The molecular formula is C54H51N3S. The van der Waals surface area contributed by atoms with Crippen LogP contribution in [0, 0.1) is 18.8 Å². The van der Waals surface area contributed by atoms with Crippen molar-refractivity contribution in [1.29, 1.82) is 0 Å². The second-order valence-electron chi connectivity index (χ2n) is 16.2. The van der Waals surface area contributed by atoms with Crippen LogP contribution >= 0.6 is 11.7 Å². The van der Waals surface area contributed by atoms with Crippen LogP contribution in [0.5, 0.6) is 0 Å². The SMILES string of the molecule is CCCCCCc1ccc(C2(c3ccc(CCCCCC)cc3)c3cc(C#Cc4ccc(-c5ccc(C)cc5)c5nsnc45)ccc3-c3c2cc2ccccn32)cc1. The van der Waals surface area contributed by atoms with E-state index >= 15 is 0 Å². The van der Waals surface area contributed by atoms with Crippen LogP contribution in [-0.4, -0.2) is 13.1 Å². The summed E-state index contributed by atoms with van der Waals surface area (Å²) in [6, 6.07) is 47.9. The van der Waals surface area contributed by atoms with Gasteiger partial charge in [-0.15, -0.1) is 0 Å². The topological polar surface area (TPSA) is 30.2 Å². The highest BCUT2D eigenvalue weighted by Gasteiger charge is 2.48. The van der Waals surface area contributed by atoms with Gasteiger partial charge in [-0.2, -0.15) is 8.75 Å². The lowest BCUT2D eigenvalue weighted by Crippen LogP contribution is -2.28. The predicted molar refractivity (Wildman–Crippen MR) is 244 cm³/mol. The third kappa shape index (κ3) is 6.97. The van der Waals surface area contributed by atoms with Crippen LogP contribution in [0.3, 0.4) is 0 Å². The molecule has 1 aliphatic rings. The van der Waals surface area contributed by atoms with Crippen molar-refractivity contribution in [2.45, 2.75) is 90.4 Å². The molecular weight excluding hydrogens is 723 g/mol. The molecule has 0 N–H and O–H groups in total. The normalized spacial score (nSPS) is 12.7. The van der Waals surface area contributed by atoms with E-state index in [4.69, 9.17) is 8.75 Å². The Balaban J connectivity index is 1.18. The largest absolute Gasteiger partial charge is 0.316 e. The Bertz CT molecular complexity index is 2700. The molecule has 0 atom stereocenters. The standard InChI is InChI=1S/C54H51N3S/c1-4-6-8-10-14-39-20-29-44(30-21-39)54(45-31-22-40(23-32-45)15-11-9-7-5-2)49-36-41(24-33-48(49)53-50(54)37-46-16-12-13-35-57(46)53)19-27-43-28-34-47(52-51(43)55-58-56-52)42-25-17-38(3)18-26-42/h12-13,16-18,20-26,28-37H,4-11,14-15H2,1-3H3. The van der Waals surface area contributed by atoms with Crippen LogP contribution in [0.25, 0.3) is 38.9 Å². The lowest BCUT2D eigenvalue weighted by Gasteiger charge is -2.33. The fourth-order valence-corrected chi connectivity index (χ4v) is 9.76. The average Bonchev–Trinajstić information content (AvgIpc) is 3.98. The number of unbranched alkanes of at least 4 members (excludes halogenated alkanes) is 6. The summed E-state index contributed by atoms with van der Waals surface area (Å²) in [6.45, 7) is 6.68. The van der Waals surface area contributed by atoms with Crippen LogP contribution < -0.4 is 0 Å². The van der Waals surface area contributed by atoms with Gasteiger partial charge in [0.05, 0.1) is 28.4 Å². The first-order valence-corrected chi connectivity index (χ1v) is 22.1. The Morgan fingerprint density at radius 1 is 0.586 bits per heavy atom. The molecule has 5 aromatic carbocycles. The molecule has 3 heterocycles. The first-order chi connectivity index (χ1) is 28.6. The summed E-state index contributed by atoms with van der Waals surface area (Å²) in [5.74, 6) is 7.14. The second-order valence-corrected chi connectivity index (χ2v) is 16.7. The van der Waals surface area contributed by atoms with E-state index < -0.39 is 5.41 Å². The molecule has 0 fully saturated rings. The fourth-order valence-electron chi connectivity index (χ4n) is 9.18. The minimum absolute atomic E-state index is 0.516. The maximum absolute atomic E-state index is 4.74. The van der Waals surface area contributed by atoms with Crippen molar-refractivity contribution in [3.8, 4) is 34.2 Å². The van der Waals surface area contributed by atoms with Crippen molar-refractivity contribution < 1.29 is 0 Å². The van der Waals surface area contributed by atoms with Crippen LogP contribution in [0.15, 0.2) is 134 Å². The molecule has 0 amide bonds. The minimum Gasteiger partial charge on any atom is -0.316 e. The number of rotatable bonds is 13. The highest BCUT2D eigenvalue weighted by molar-refractivity contribution is 7.00. The summed E-state index contributed by atoms with van der Waals surface area (Å²) in [5, 5.41) is 0. The van der Waals surface area contributed by atoms with Crippen LogP contribution in [-0.2, 0) is 18.3 Å². The first kappa shape index (κ1) is 37.8. The van der Waals surface area contributed by atoms with E-state index in [9.17, 15) is 0 Å². The van der Waals surface area contributed by atoms with Gasteiger partial charge in [-0.05, 0) is 108 Å². The van der Waals surface area contributed by atoms with Crippen molar-refractivity contribution in [3.05, 3.63) is 184 Å². The molecule has 0 saturated heterocycles. The van der Waals surface area contributed by atoms with Gasteiger partial charge in [0.2, 0.25) is 0 Å². The number of fused-ring (bicyclic) bond motifs is 6. The van der Waals surface area contributed by atoms with E-state index in [0.717, 1.165) is 46.1 Å². The lowest BCUT2D eigenvalue weighted by molar-refractivity contribution is 0.666. The highest BCUT2D eigenvalue weighted by atomic mass is 32.1. The zero-order valence-corrected chi connectivity index (χ0v) is 34.8. The van der Waals surface area contributed by atoms with Gasteiger partial charge in [-0.3, -0.25) is 0 Å². The summed E-state index contributed by atoms with van der Waals surface area (Å²) in [4.78, 5) is 0. The molecule has 0 radical (unpaired) electrons. The van der Waals surface area contributed by atoms with Crippen molar-refractivity contribution in [2.24, 2.45) is 0 Å². The summed E-state index contributed by atoms with van der Waals surface area (Å²) < 4.78 is 11.9. The number of aromatic nitrogens is 3. The third-order valence-electron chi connectivity index (χ3n) is 12.3. The number of hydrogen-bond donors (Lipinski definition) is 0. The van der Waals surface area contributed by atoms with Gasteiger partial charge in [0.25, 0.3) is 0 Å². The summed E-state index contributed by atoms with van der Waals surface area (Å²) in [5.41, 5.74) is 18.4. The number of benzene rings is 5. The molecule has 1 aliphatic carbocycles. The quantitative estimate of drug-likeness (QED) is 0.0863. The van der Waals surface area contributed by atoms with Crippen molar-refractivity contribution in [3.63, 3.8) is 0 Å². The van der Waals surface area contributed by atoms with Crippen molar-refractivity contribution >= 4 is 28.3 Å². The van der Waals surface area contributed by atoms with E-state index in [0.29, 0.717) is 0 Å². The maximum Gasteiger partial charge on any atom is 0.121 e. The predicted octanol–water partition coefficient (Wildman–Crippen LogP) is 13.9. The van der Waals surface area contributed by atoms with Crippen molar-refractivity contribution in [2.75, 3.05) is 0 Å². The van der Waals surface area contributed by atoms with Crippen LogP contribution in [0.1, 0.15) is 115 Å². The maximum atomic E-state index is 4.74. The summed E-state index contributed by atoms with van der Waals surface area (Å²) >= 11 is 1.25. The molecule has 58 heavy (non-hydrogen) atoms. The summed E-state index contributed by atoms with van der Waals surface area (Å²) in [6.07, 6.45) is 14.6. The van der Waals surface area contributed by atoms with E-state index in [2.05, 4.69) is 171 Å². The zero-order valence-electron chi connectivity index (χ0n) is 34.0. The van der Waals surface area contributed by atoms with Crippen LogP contribution in [0.2, 0.25) is 0 Å². The Morgan fingerprint density at radius 2 is 1.24 bits per heavy atom. The molecule has 0 unspecified atom stereocenters. The van der Waals surface area contributed by atoms with Crippen LogP contribution in [0.4, 0.5) is 0 Å². The van der Waals surface area contributed by atoms with E-state index in [1.54, 1.807) is 0 Å². The van der Waals surface area contributed by atoms with E-state index in [-0.39, 0.29) is 0 Å². The Labute approximate surface area is 348 Å². The Morgan fingerprint density at radius 3 is 1.91 bits per heavy atom. The van der Waals surface area contributed by atoms with Gasteiger partial charge in [0.1, 0.15) is 11.0 Å².